The second-order valence-electron chi connectivity index (χ2n) is 14.4. The van der Waals surface area contributed by atoms with Gasteiger partial charge in [0.25, 0.3) is 0 Å². The summed E-state index contributed by atoms with van der Waals surface area (Å²) in [5.74, 6) is 4.43. The lowest BCUT2D eigenvalue weighted by Gasteiger charge is -2.58. The van der Waals surface area contributed by atoms with Gasteiger partial charge in [-0.2, -0.15) is 0 Å². The van der Waals surface area contributed by atoms with E-state index < -0.39 is 12.1 Å². The van der Waals surface area contributed by atoms with Crippen LogP contribution in [0.25, 0.3) is 0 Å². The molecule has 0 aromatic heterocycles. The summed E-state index contributed by atoms with van der Waals surface area (Å²) >= 11 is 0. The molecule has 0 aliphatic heterocycles. The minimum absolute atomic E-state index is 0.00329. The molecule has 224 valence electrons. The minimum atomic E-state index is -0.660. The molecule has 5 unspecified atom stereocenters. The maximum Gasteiger partial charge on any atom is 0.508 e. The number of esters is 1. The summed E-state index contributed by atoms with van der Waals surface area (Å²) in [6, 6.07) is 0. The average Bonchev–Trinajstić information content (AvgIpc) is 3.25. The summed E-state index contributed by atoms with van der Waals surface area (Å²) in [7, 11) is 0. The van der Waals surface area contributed by atoms with Crippen molar-refractivity contribution in [3.05, 3.63) is 36.1 Å². The van der Waals surface area contributed by atoms with E-state index in [1.54, 1.807) is 6.92 Å². The molecular formula is C35H54O5. The fourth-order valence-corrected chi connectivity index (χ4v) is 9.29. The number of hydrogen-bond donors (Lipinski definition) is 0. The van der Waals surface area contributed by atoms with Gasteiger partial charge in [0.05, 0.1) is 6.26 Å². The van der Waals surface area contributed by atoms with Gasteiger partial charge in [-0.3, -0.25) is 0 Å². The van der Waals surface area contributed by atoms with Gasteiger partial charge >= 0.3 is 12.1 Å². The zero-order chi connectivity index (χ0) is 29.1. The summed E-state index contributed by atoms with van der Waals surface area (Å²) in [6.45, 7) is 17.5. The van der Waals surface area contributed by atoms with E-state index in [1.807, 2.05) is 0 Å². The normalized spacial score (nSPS) is 35.8. The maximum atomic E-state index is 12.3. The van der Waals surface area contributed by atoms with Crippen LogP contribution in [0.5, 0.6) is 0 Å². The molecule has 4 rings (SSSR count). The lowest BCUT2D eigenvalue weighted by molar-refractivity contribution is -0.133. The molecule has 4 aliphatic rings. The first-order valence-electron chi connectivity index (χ1n) is 16.0. The van der Waals surface area contributed by atoms with Crippen molar-refractivity contribution >= 4 is 12.1 Å². The van der Waals surface area contributed by atoms with E-state index in [9.17, 15) is 9.59 Å². The fourth-order valence-electron chi connectivity index (χ4n) is 9.29. The van der Waals surface area contributed by atoms with Crippen LogP contribution in [0, 0.1) is 46.3 Å². The highest BCUT2D eigenvalue weighted by molar-refractivity contribution is 5.87. The molecule has 5 heteroatoms. The molecule has 0 aromatic carbocycles. The lowest BCUT2D eigenvalue weighted by atomic mass is 9.47. The number of fused-ring (bicyclic) bond motifs is 5. The molecule has 0 N–H and O–H groups in total. The maximum absolute atomic E-state index is 12.3. The third-order valence-corrected chi connectivity index (χ3v) is 11.4. The number of ether oxygens (including phenoxy) is 3. The Morgan fingerprint density at radius 3 is 2.58 bits per heavy atom. The van der Waals surface area contributed by atoms with Gasteiger partial charge < -0.3 is 14.2 Å². The van der Waals surface area contributed by atoms with E-state index in [1.165, 1.54) is 69.3 Å². The van der Waals surface area contributed by atoms with Crippen LogP contribution in [0.2, 0.25) is 0 Å². The molecule has 4 aliphatic carbocycles. The smallest absolute Gasteiger partial charge is 0.431 e. The van der Waals surface area contributed by atoms with Crippen molar-refractivity contribution in [2.24, 2.45) is 46.3 Å². The van der Waals surface area contributed by atoms with Crippen molar-refractivity contribution in [2.45, 2.75) is 118 Å². The second kappa shape index (κ2) is 12.9. The van der Waals surface area contributed by atoms with Crippen molar-refractivity contribution in [3.8, 4) is 0 Å². The molecule has 5 nitrogen and oxygen atoms in total. The van der Waals surface area contributed by atoms with Crippen molar-refractivity contribution in [1.29, 1.82) is 0 Å². The highest BCUT2D eigenvalue weighted by atomic mass is 16.7. The van der Waals surface area contributed by atoms with Gasteiger partial charge in [-0.15, -0.1) is 0 Å². The summed E-state index contributed by atoms with van der Waals surface area (Å²) in [5, 5.41) is 0. The summed E-state index contributed by atoms with van der Waals surface area (Å²) in [6.07, 6.45) is 18.1. The topological polar surface area (TPSA) is 61.8 Å². The summed E-state index contributed by atoms with van der Waals surface area (Å²) < 4.78 is 15.7. The van der Waals surface area contributed by atoms with Gasteiger partial charge in [-0.1, -0.05) is 72.1 Å². The molecule has 0 radical (unpaired) electrons. The molecule has 0 aromatic rings. The number of allylic oxidation sites excluding steroid dienone is 1. The minimum Gasteiger partial charge on any atom is -0.431 e. The Bertz CT molecular complexity index is 994. The first-order valence-corrected chi connectivity index (χ1v) is 16.0. The second-order valence-corrected chi connectivity index (χ2v) is 14.4. The summed E-state index contributed by atoms with van der Waals surface area (Å²) in [4.78, 5) is 23.7. The quantitative estimate of drug-likeness (QED) is 0.117. The predicted molar refractivity (Wildman–Crippen MR) is 159 cm³/mol. The van der Waals surface area contributed by atoms with Crippen molar-refractivity contribution in [3.63, 3.8) is 0 Å². The Balaban J connectivity index is 1.31. The van der Waals surface area contributed by atoms with Crippen molar-refractivity contribution < 1.29 is 23.8 Å². The molecule has 8 atom stereocenters. The first-order chi connectivity index (χ1) is 19.0. The Hall–Kier alpha value is -2.04. The van der Waals surface area contributed by atoms with Gasteiger partial charge in [-0.05, 0) is 104 Å². The molecule has 0 bridgehead atoms. The van der Waals surface area contributed by atoms with Gasteiger partial charge in [0.1, 0.15) is 12.7 Å². The number of carbonyl (C=O) groups is 2. The third-order valence-electron chi connectivity index (χ3n) is 11.4. The first kappa shape index (κ1) is 30.9. The van der Waals surface area contributed by atoms with Crippen molar-refractivity contribution in [1.82, 2.24) is 0 Å². The zero-order valence-electron chi connectivity index (χ0n) is 26.0. The van der Waals surface area contributed by atoms with E-state index in [0.29, 0.717) is 11.0 Å². The fraction of sp³-hybridized carbons (Fsp3) is 0.771. The highest BCUT2D eigenvalue weighted by Crippen LogP contribution is 2.67. The van der Waals surface area contributed by atoms with E-state index in [-0.39, 0.29) is 18.1 Å². The van der Waals surface area contributed by atoms with Crippen LogP contribution >= 0.6 is 0 Å². The molecule has 0 saturated heterocycles. The standard InChI is InChI=1S/C35H54O5/c1-23(2)10-8-11-25(5)29-14-15-30-28-13-12-26-22-27(16-18-34(26,6)31(28)17-19-35(29,30)7)40-33(37)39-21-9-20-38-32(36)24(3)4/h9,12,20,23,25,27-31H,3,8,10-11,13-19,21-22H2,1-2,4-7H3/b20-9+/t25?,27-,28?,29?,30?,31?,34-,35+/m0/s1. The average molecular weight is 555 g/mol. The van der Waals surface area contributed by atoms with Crippen LogP contribution in [0.3, 0.4) is 0 Å². The number of rotatable bonds is 10. The number of hydrogen-bond acceptors (Lipinski definition) is 5. The van der Waals surface area contributed by atoms with Gasteiger partial charge in [-0.25, -0.2) is 9.59 Å². The highest BCUT2D eigenvalue weighted by Gasteiger charge is 2.59. The van der Waals surface area contributed by atoms with Crippen LogP contribution in [0.4, 0.5) is 4.79 Å². The van der Waals surface area contributed by atoms with Crippen LogP contribution < -0.4 is 0 Å². The molecule has 0 amide bonds. The number of carbonyl (C=O) groups excluding carboxylic acids is 2. The largest absolute Gasteiger partial charge is 0.508 e. The molecule has 0 spiro atoms. The van der Waals surface area contributed by atoms with E-state index in [2.05, 4.69) is 47.3 Å². The Morgan fingerprint density at radius 1 is 1.07 bits per heavy atom. The lowest BCUT2D eigenvalue weighted by Crippen LogP contribution is -2.51. The molecule has 40 heavy (non-hydrogen) atoms. The molecular weight excluding hydrogens is 500 g/mol. The van der Waals surface area contributed by atoms with Gasteiger partial charge in [0, 0.05) is 12.0 Å². The van der Waals surface area contributed by atoms with Gasteiger partial charge in [0.2, 0.25) is 0 Å². The van der Waals surface area contributed by atoms with Crippen LogP contribution in [0.15, 0.2) is 36.1 Å². The molecule has 0 heterocycles. The Labute approximate surface area is 243 Å². The SMILES string of the molecule is C=C(C)C(=O)O/C=C/COC(=O)O[C@H]1CC[C@@]2(C)C(=CCC3C4CCC(C(C)CCCC(C)C)[C@@]4(C)CCC32)C1. The van der Waals surface area contributed by atoms with E-state index >= 15 is 0 Å². The van der Waals surface area contributed by atoms with Crippen LogP contribution in [-0.2, 0) is 19.0 Å². The third kappa shape index (κ3) is 6.54. The van der Waals surface area contributed by atoms with E-state index in [0.717, 1.165) is 54.8 Å². The Kier molecular flexibility index (Phi) is 9.94. The molecule has 3 saturated carbocycles. The van der Waals surface area contributed by atoms with E-state index in [4.69, 9.17) is 14.2 Å². The zero-order valence-corrected chi connectivity index (χ0v) is 26.0. The summed E-state index contributed by atoms with van der Waals surface area (Å²) in [5.41, 5.74) is 2.55. The van der Waals surface area contributed by atoms with Crippen molar-refractivity contribution in [2.75, 3.05) is 6.61 Å². The van der Waals surface area contributed by atoms with Crippen LogP contribution in [-0.4, -0.2) is 24.8 Å². The Morgan fingerprint density at radius 2 is 1.85 bits per heavy atom. The monoisotopic (exact) mass is 554 g/mol. The molecule has 3 fully saturated rings. The van der Waals surface area contributed by atoms with Crippen LogP contribution in [0.1, 0.15) is 112 Å². The predicted octanol–water partition coefficient (Wildman–Crippen LogP) is 9.18. The van der Waals surface area contributed by atoms with Gasteiger partial charge in [0.15, 0.2) is 0 Å².